The van der Waals surface area contributed by atoms with Gasteiger partial charge in [-0.2, -0.15) is 0 Å². The van der Waals surface area contributed by atoms with Gasteiger partial charge in [0.15, 0.2) is 5.65 Å². The van der Waals surface area contributed by atoms with Gasteiger partial charge in [-0.05, 0) is 12.1 Å². The lowest BCUT2D eigenvalue weighted by molar-refractivity contribution is 0.606. The lowest BCUT2D eigenvalue weighted by Gasteiger charge is -1.90. The van der Waals surface area contributed by atoms with Crippen LogP contribution >= 0.6 is 0 Å². The molecule has 4 heteroatoms. The molecule has 0 unspecified atom stereocenters. The van der Waals surface area contributed by atoms with Crippen LogP contribution in [0.15, 0.2) is 29.2 Å². The largest absolute Gasteiger partial charge is 0.350 e. The minimum Gasteiger partial charge on any atom is -0.250 e. The van der Waals surface area contributed by atoms with Crippen LogP contribution in [0.25, 0.3) is 5.65 Å². The molecule has 0 saturated carbocycles. The van der Waals surface area contributed by atoms with Gasteiger partial charge >= 0.3 is 5.69 Å². The number of hydrogen-bond acceptors (Lipinski definition) is 2. The van der Waals surface area contributed by atoms with Gasteiger partial charge in [0.25, 0.3) is 0 Å². The van der Waals surface area contributed by atoms with E-state index in [4.69, 9.17) is 6.42 Å². The summed E-state index contributed by atoms with van der Waals surface area (Å²) < 4.78 is 2.88. The van der Waals surface area contributed by atoms with E-state index in [1.807, 2.05) is 6.07 Å². The molecule has 0 fully saturated rings. The monoisotopic (exact) mass is 187 g/mol. The number of pyridine rings is 1. The van der Waals surface area contributed by atoms with Crippen LogP contribution in [0.1, 0.15) is 6.42 Å². The number of aryl methyl sites for hydroxylation is 1. The summed E-state index contributed by atoms with van der Waals surface area (Å²) in [6, 6.07) is 5.42. The van der Waals surface area contributed by atoms with Crippen LogP contribution in [-0.4, -0.2) is 14.2 Å². The fraction of sp³-hybridized carbons (Fsp3) is 0.200. The Kier molecular flexibility index (Phi) is 2.07. The molecule has 2 aromatic heterocycles. The lowest BCUT2D eigenvalue weighted by Crippen LogP contribution is -2.20. The van der Waals surface area contributed by atoms with Gasteiger partial charge in [0.05, 0.1) is 6.54 Å². The third kappa shape index (κ3) is 1.29. The van der Waals surface area contributed by atoms with Crippen molar-refractivity contribution in [2.45, 2.75) is 13.0 Å². The van der Waals surface area contributed by atoms with Crippen LogP contribution in [-0.2, 0) is 6.54 Å². The van der Waals surface area contributed by atoms with Gasteiger partial charge in [0.1, 0.15) is 0 Å². The first-order valence-corrected chi connectivity index (χ1v) is 4.30. The minimum atomic E-state index is -0.143. The van der Waals surface area contributed by atoms with Gasteiger partial charge in [-0.15, -0.1) is 17.4 Å². The first-order chi connectivity index (χ1) is 6.83. The highest BCUT2D eigenvalue weighted by molar-refractivity contribution is 5.35. The molecule has 0 spiro atoms. The number of aromatic nitrogens is 3. The molecule has 0 atom stereocenters. The second-order valence-corrected chi connectivity index (χ2v) is 2.89. The van der Waals surface area contributed by atoms with Crippen LogP contribution in [0.4, 0.5) is 0 Å². The Morgan fingerprint density at radius 1 is 1.50 bits per heavy atom. The van der Waals surface area contributed by atoms with E-state index in [1.165, 1.54) is 9.08 Å². The Balaban J connectivity index is 2.53. The summed E-state index contributed by atoms with van der Waals surface area (Å²) in [6.07, 6.45) is 7.33. The van der Waals surface area contributed by atoms with Gasteiger partial charge in [-0.3, -0.25) is 4.40 Å². The third-order valence-corrected chi connectivity index (χ3v) is 1.96. The first kappa shape index (κ1) is 8.57. The maximum absolute atomic E-state index is 11.6. The molecule has 14 heavy (non-hydrogen) atoms. The second-order valence-electron chi connectivity index (χ2n) is 2.89. The predicted molar refractivity (Wildman–Crippen MR) is 52.9 cm³/mol. The molecule has 2 aromatic rings. The fourth-order valence-electron chi connectivity index (χ4n) is 1.28. The molecule has 0 aliphatic heterocycles. The second kappa shape index (κ2) is 3.38. The predicted octanol–water partition coefficient (Wildman–Crippen LogP) is 0.519. The van der Waals surface area contributed by atoms with Gasteiger partial charge < -0.3 is 0 Å². The molecule has 0 aliphatic rings. The normalized spacial score (nSPS) is 10.2. The Hall–Kier alpha value is -2.02. The highest BCUT2D eigenvalue weighted by Gasteiger charge is 2.03. The van der Waals surface area contributed by atoms with Crippen molar-refractivity contribution in [3.8, 4) is 12.3 Å². The summed E-state index contributed by atoms with van der Waals surface area (Å²) >= 11 is 0. The summed E-state index contributed by atoms with van der Waals surface area (Å²) in [7, 11) is 0. The highest BCUT2D eigenvalue weighted by atomic mass is 16.2. The molecule has 0 aromatic carbocycles. The summed E-state index contributed by atoms with van der Waals surface area (Å²) in [6.45, 7) is 0.469. The standard InChI is InChI=1S/C10H9N3O/c1-2-3-8-13-10(14)12-7-5-4-6-9(12)11-13/h1,4-7H,3,8H2. The van der Waals surface area contributed by atoms with Gasteiger partial charge in [0.2, 0.25) is 0 Å². The zero-order valence-corrected chi connectivity index (χ0v) is 7.55. The zero-order chi connectivity index (χ0) is 9.97. The van der Waals surface area contributed by atoms with Crippen LogP contribution in [0, 0.1) is 12.3 Å². The number of nitrogens with zero attached hydrogens (tertiary/aromatic N) is 3. The smallest absolute Gasteiger partial charge is 0.250 e. The lowest BCUT2D eigenvalue weighted by atomic mass is 10.4. The average molecular weight is 187 g/mol. The van der Waals surface area contributed by atoms with E-state index in [2.05, 4.69) is 11.0 Å². The van der Waals surface area contributed by atoms with Crippen molar-refractivity contribution in [2.24, 2.45) is 0 Å². The highest BCUT2D eigenvalue weighted by Crippen LogP contribution is 1.95. The minimum absolute atomic E-state index is 0.143. The number of rotatable bonds is 2. The van der Waals surface area contributed by atoms with E-state index in [1.54, 1.807) is 18.3 Å². The van der Waals surface area contributed by atoms with Crippen molar-refractivity contribution in [3.05, 3.63) is 34.9 Å². The molecule has 2 heterocycles. The molecule has 0 amide bonds. The maximum Gasteiger partial charge on any atom is 0.350 e. The number of hydrogen-bond donors (Lipinski definition) is 0. The molecule has 0 aliphatic carbocycles. The molecule has 2 rings (SSSR count). The Bertz CT molecular complexity index is 544. The van der Waals surface area contributed by atoms with Crippen LogP contribution < -0.4 is 5.69 Å². The van der Waals surface area contributed by atoms with E-state index in [9.17, 15) is 4.79 Å². The molecule has 0 saturated heterocycles. The molecular formula is C10H9N3O. The molecule has 4 nitrogen and oxygen atoms in total. The number of terminal acetylenes is 1. The van der Waals surface area contributed by atoms with Crippen molar-refractivity contribution in [3.63, 3.8) is 0 Å². The van der Waals surface area contributed by atoms with E-state index in [0.29, 0.717) is 18.6 Å². The quantitative estimate of drug-likeness (QED) is 0.643. The van der Waals surface area contributed by atoms with E-state index in [0.717, 1.165) is 0 Å². The van der Waals surface area contributed by atoms with E-state index < -0.39 is 0 Å². The SMILES string of the molecule is C#CCCn1nc2ccccn2c1=O. The Morgan fingerprint density at radius 3 is 3.07 bits per heavy atom. The van der Waals surface area contributed by atoms with Gasteiger partial charge in [0, 0.05) is 12.6 Å². The summed E-state index contributed by atoms with van der Waals surface area (Å²) in [5, 5.41) is 4.12. The van der Waals surface area contributed by atoms with E-state index in [-0.39, 0.29) is 5.69 Å². The van der Waals surface area contributed by atoms with Crippen molar-refractivity contribution < 1.29 is 0 Å². The first-order valence-electron chi connectivity index (χ1n) is 4.30. The summed E-state index contributed by atoms with van der Waals surface area (Å²) in [5.74, 6) is 2.48. The Labute approximate surface area is 80.8 Å². The molecular weight excluding hydrogens is 178 g/mol. The molecule has 0 radical (unpaired) electrons. The van der Waals surface area contributed by atoms with Gasteiger partial charge in [-0.25, -0.2) is 9.48 Å². The van der Waals surface area contributed by atoms with Crippen LogP contribution in [0.2, 0.25) is 0 Å². The van der Waals surface area contributed by atoms with Crippen LogP contribution in [0.5, 0.6) is 0 Å². The van der Waals surface area contributed by atoms with Crippen molar-refractivity contribution in [1.29, 1.82) is 0 Å². The van der Waals surface area contributed by atoms with Gasteiger partial charge in [-0.1, -0.05) is 6.07 Å². The third-order valence-electron chi connectivity index (χ3n) is 1.96. The van der Waals surface area contributed by atoms with Crippen molar-refractivity contribution in [1.82, 2.24) is 14.2 Å². The van der Waals surface area contributed by atoms with Crippen molar-refractivity contribution in [2.75, 3.05) is 0 Å². The zero-order valence-electron chi connectivity index (χ0n) is 7.55. The van der Waals surface area contributed by atoms with E-state index >= 15 is 0 Å². The van der Waals surface area contributed by atoms with Crippen molar-refractivity contribution >= 4 is 5.65 Å². The maximum atomic E-state index is 11.6. The topological polar surface area (TPSA) is 39.3 Å². The van der Waals surface area contributed by atoms with Crippen LogP contribution in [0.3, 0.4) is 0 Å². The number of fused-ring (bicyclic) bond motifs is 1. The Morgan fingerprint density at radius 2 is 2.36 bits per heavy atom. The average Bonchev–Trinajstić information content (AvgIpc) is 2.54. The molecule has 0 N–H and O–H groups in total. The fourth-order valence-corrected chi connectivity index (χ4v) is 1.28. The summed E-state index contributed by atoms with van der Waals surface area (Å²) in [4.78, 5) is 11.6. The molecule has 70 valence electrons. The summed E-state index contributed by atoms with van der Waals surface area (Å²) in [5.41, 5.74) is 0.505. The molecule has 0 bridgehead atoms.